The highest BCUT2D eigenvalue weighted by atomic mass is 16.8. The zero-order valence-corrected chi connectivity index (χ0v) is 28.8. The van der Waals surface area contributed by atoms with Crippen molar-refractivity contribution in [3.05, 3.63) is 48.0 Å². The number of carbonyl (C=O) groups is 5. The molecule has 2 fully saturated rings. The molecule has 1 aromatic rings. The first kappa shape index (κ1) is 40.5. The monoisotopic (exact) mass is 708 g/mol. The Bertz CT molecular complexity index is 1430. The fraction of sp³-hybridized carbons (Fsp3) is 0.629. The van der Waals surface area contributed by atoms with Gasteiger partial charge in [0.15, 0.2) is 6.10 Å². The van der Waals surface area contributed by atoms with Gasteiger partial charge in [0.05, 0.1) is 12.5 Å². The van der Waals surface area contributed by atoms with E-state index in [0.29, 0.717) is 12.8 Å². The van der Waals surface area contributed by atoms with Gasteiger partial charge < -0.3 is 49.6 Å². The Balaban J connectivity index is 2.00. The van der Waals surface area contributed by atoms with Gasteiger partial charge in [-0.25, -0.2) is 14.4 Å². The number of aliphatic carboxylic acids is 3. The molecule has 15 heteroatoms. The molecule has 11 atom stereocenters. The Morgan fingerprint density at radius 3 is 2.14 bits per heavy atom. The van der Waals surface area contributed by atoms with E-state index in [1.807, 2.05) is 44.2 Å². The molecule has 0 spiro atoms. The van der Waals surface area contributed by atoms with Crippen molar-refractivity contribution >= 4 is 29.8 Å². The molecule has 2 aliphatic heterocycles. The lowest BCUT2D eigenvalue weighted by Gasteiger charge is -2.48. The van der Waals surface area contributed by atoms with E-state index < -0.39 is 96.1 Å². The number of carboxylic acid groups (broad SMARTS) is 3. The van der Waals surface area contributed by atoms with Crippen LogP contribution in [0.3, 0.4) is 0 Å². The third-order valence-electron chi connectivity index (χ3n) is 9.77. The smallest absolute Gasteiger partial charge is 0.344 e. The first-order valence-electron chi connectivity index (χ1n) is 16.5. The summed E-state index contributed by atoms with van der Waals surface area (Å²) in [4.78, 5) is 63.2. The largest absolute Gasteiger partial charge is 0.479 e. The van der Waals surface area contributed by atoms with Crippen molar-refractivity contribution in [3.63, 3.8) is 0 Å². The molecule has 278 valence electrons. The third-order valence-corrected chi connectivity index (χ3v) is 9.77. The summed E-state index contributed by atoms with van der Waals surface area (Å²) in [6, 6.07) is 9.24. The standard InChI is InChI=1S/C35H48O15/c1-7-18(2)15-20(4)24(37)17-25(38)48-28-27(39)33(49-29(30(40)41)34(46,31(42)43)35(28,50-33)32(44)45)14-13-19(3)26(47-22(6)36)21(5)16-23-11-9-8-10-12-23/h8-12,18,20-21,24,26-29,37,39,46H,3,7,13-17H2,1-2,4-6H3,(H,40,41)(H,42,43)(H,44,45)/t18?,20?,21-,24?,26-,27-,28-,29-,33+,34-,35+/m1/s1. The van der Waals surface area contributed by atoms with Gasteiger partial charge in [-0.15, -0.1) is 0 Å². The number of hydrogen-bond donors (Lipinski definition) is 6. The maximum absolute atomic E-state index is 13.2. The molecule has 0 amide bonds. The molecule has 0 saturated carbocycles. The SMILES string of the molecule is C=C(CC[C@]12O[C@H](C(=O)O)[C@@](O)(C(=O)O)[C@](C(=O)O)(O1)[C@H](OC(=O)CC(O)C(C)CC(C)CC)[C@H]2O)[C@@H](OC(C)=O)[C@H](C)Cc1ccccc1. The third kappa shape index (κ3) is 7.86. The molecule has 2 heterocycles. The summed E-state index contributed by atoms with van der Waals surface area (Å²) in [5.41, 5.74) is -6.41. The maximum Gasteiger partial charge on any atom is 0.344 e. The van der Waals surface area contributed by atoms with E-state index in [2.05, 4.69) is 6.58 Å². The molecule has 2 bridgehead atoms. The minimum absolute atomic E-state index is 0.197. The molecule has 0 aliphatic carbocycles. The van der Waals surface area contributed by atoms with E-state index in [4.69, 9.17) is 18.9 Å². The lowest BCUT2D eigenvalue weighted by Crippen LogP contribution is -2.78. The van der Waals surface area contributed by atoms with Gasteiger partial charge in [-0.05, 0) is 42.2 Å². The lowest BCUT2D eigenvalue weighted by atomic mass is 9.74. The molecular weight excluding hydrogens is 660 g/mol. The van der Waals surface area contributed by atoms with Crippen molar-refractivity contribution < 1.29 is 73.6 Å². The lowest BCUT2D eigenvalue weighted by molar-refractivity contribution is -0.374. The van der Waals surface area contributed by atoms with Gasteiger partial charge in [0.25, 0.3) is 0 Å². The van der Waals surface area contributed by atoms with Crippen LogP contribution in [-0.4, -0.2) is 108 Å². The van der Waals surface area contributed by atoms with E-state index in [9.17, 15) is 54.6 Å². The average molecular weight is 709 g/mol. The van der Waals surface area contributed by atoms with Crippen molar-refractivity contribution in [1.82, 2.24) is 0 Å². The molecule has 6 N–H and O–H groups in total. The number of aliphatic hydroxyl groups excluding tert-OH is 2. The Kier molecular flexibility index (Phi) is 13.0. The second kappa shape index (κ2) is 16.0. The Morgan fingerprint density at radius 1 is 1.00 bits per heavy atom. The number of aliphatic hydroxyl groups is 3. The van der Waals surface area contributed by atoms with Crippen molar-refractivity contribution in [1.29, 1.82) is 0 Å². The number of esters is 2. The minimum atomic E-state index is -3.94. The normalized spacial score (nSPS) is 30.3. The van der Waals surface area contributed by atoms with Gasteiger partial charge in [0.2, 0.25) is 23.1 Å². The summed E-state index contributed by atoms with van der Waals surface area (Å²) < 4.78 is 22.0. The second-order valence-corrected chi connectivity index (χ2v) is 13.6. The summed E-state index contributed by atoms with van der Waals surface area (Å²) in [5, 5.41) is 64.3. The summed E-state index contributed by atoms with van der Waals surface area (Å²) in [6.07, 6.45) is -9.82. The van der Waals surface area contributed by atoms with E-state index in [1.165, 1.54) is 6.92 Å². The van der Waals surface area contributed by atoms with Crippen LogP contribution in [-0.2, 0) is 49.3 Å². The van der Waals surface area contributed by atoms with Gasteiger partial charge in [-0.3, -0.25) is 9.59 Å². The topological polar surface area (TPSA) is 244 Å². The van der Waals surface area contributed by atoms with Gasteiger partial charge in [-0.1, -0.05) is 71.0 Å². The van der Waals surface area contributed by atoms with Crippen LogP contribution in [0.2, 0.25) is 0 Å². The molecule has 2 saturated heterocycles. The quantitative estimate of drug-likeness (QED) is 0.0944. The fourth-order valence-corrected chi connectivity index (χ4v) is 6.82. The molecule has 1 aromatic carbocycles. The van der Waals surface area contributed by atoms with E-state index in [-0.39, 0.29) is 23.8 Å². The molecule has 3 rings (SSSR count). The highest BCUT2D eigenvalue weighted by Crippen LogP contribution is 2.56. The molecule has 3 unspecified atom stereocenters. The summed E-state index contributed by atoms with van der Waals surface area (Å²) in [6.45, 7) is 12.6. The van der Waals surface area contributed by atoms with E-state index in [1.54, 1.807) is 13.8 Å². The molecule has 0 radical (unpaired) electrons. The summed E-state index contributed by atoms with van der Waals surface area (Å²) in [7, 11) is 0. The number of benzene rings is 1. The van der Waals surface area contributed by atoms with Crippen LogP contribution in [0.4, 0.5) is 0 Å². The Labute approximate surface area is 289 Å². The predicted octanol–water partition coefficient (Wildman–Crippen LogP) is 2.08. The molecular formula is C35H48O15. The second-order valence-electron chi connectivity index (χ2n) is 13.6. The van der Waals surface area contributed by atoms with Crippen LogP contribution in [0.15, 0.2) is 42.5 Å². The number of carboxylic acids is 3. The van der Waals surface area contributed by atoms with Crippen LogP contribution in [0.5, 0.6) is 0 Å². The first-order chi connectivity index (χ1) is 23.3. The fourth-order valence-electron chi connectivity index (χ4n) is 6.82. The number of hydrogen-bond acceptors (Lipinski definition) is 12. The van der Waals surface area contributed by atoms with Crippen LogP contribution in [0, 0.1) is 17.8 Å². The number of fused-ring (bicyclic) bond motifs is 2. The van der Waals surface area contributed by atoms with Crippen LogP contribution >= 0.6 is 0 Å². The van der Waals surface area contributed by atoms with E-state index >= 15 is 0 Å². The van der Waals surface area contributed by atoms with Crippen molar-refractivity contribution in [2.45, 2.75) is 121 Å². The number of rotatable bonds is 18. The van der Waals surface area contributed by atoms with Crippen molar-refractivity contribution in [2.75, 3.05) is 0 Å². The maximum atomic E-state index is 13.2. The zero-order valence-electron chi connectivity index (χ0n) is 28.8. The van der Waals surface area contributed by atoms with Crippen LogP contribution in [0.25, 0.3) is 0 Å². The molecule has 0 aromatic heterocycles. The van der Waals surface area contributed by atoms with Crippen molar-refractivity contribution in [2.24, 2.45) is 17.8 Å². The highest BCUT2D eigenvalue weighted by molar-refractivity contribution is 5.98. The number of carbonyl (C=O) groups excluding carboxylic acids is 2. The van der Waals surface area contributed by atoms with Crippen LogP contribution in [0.1, 0.15) is 72.3 Å². The van der Waals surface area contributed by atoms with Gasteiger partial charge >= 0.3 is 29.8 Å². The highest BCUT2D eigenvalue weighted by Gasteiger charge is 2.85. The van der Waals surface area contributed by atoms with E-state index in [0.717, 1.165) is 12.0 Å². The Morgan fingerprint density at radius 2 is 1.62 bits per heavy atom. The molecule has 50 heavy (non-hydrogen) atoms. The van der Waals surface area contributed by atoms with Gasteiger partial charge in [0.1, 0.15) is 12.2 Å². The zero-order chi connectivity index (χ0) is 37.8. The van der Waals surface area contributed by atoms with Crippen molar-refractivity contribution in [3.8, 4) is 0 Å². The predicted molar refractivity (Wildman–Crippen MR) is 172 cm³/mol. The van der Waals surface area contributed by atoms with Gasteiger partial charge in [0, 0.05) is 19.3 Å². The first-order valence-corrected chi connectivity index (χ1v) is 16.5. The average Bonchev–Trinajstić information content (AvgIpc) is 3.25. The summed E-state index contributed by atoms with van der Waals surface area (Å²) in [5.74, 6) is -12.0. The Hall–Kier alpha value is -3.89. The molecule has 15 nitrogen and oxygen atoms in total. The van der Waals surface area contributed by atoms with Gasteiger partial charge in [-0.2, -0.15) is 0 Å². The molecule has 2 aliphatic rings. The summed E-state index contributed by atoms with van der Waals surface area (Å²) >= 11 is 0. The number of ether oxygens (including phenoxy) is 4. The minimum Gasteiger partial charge on any atom is -0.479 e. The van der Waals surface area contributed by atoms with Crippen LogP contribution < -0.4 is 0 Å².